The fourth-order valence-corrected chi connectivity index (χ4v) is 5.19. The van der Waals surface area contributed by atoms with Gasteiger partial charge in [0.15, 0.2) is 0 Å². The van der Waals surface area contributed by atoms with E-state index in [0.29, 0.717) is 0 Å². The van der Waals surface area contributed by atoms with Gasteiger partial charge < -0.3 is 0 Å². The Bertz CT molecular complexity index is 110. The van der Waals surface area contributed by atoms with Crippen LogP contribution in [0.1, 0.15) is 71.1 Å². The van der Waals surface area contributed by atoms with Gasteiger partial charge in [-0.3, -0.25) is 0 Å². The fourth-order valence-electron chi connectivity index (χ4n) is 2.04. The van der Waals surface area contributed by atoms with Crippen LogP contribution in [-0.2, 0) is 0 Å². The summed E-state index contributed by atoms with van der Waals surface area (Å²) in [7, 11) is 0. The van der Waals surface area contributed by atoms with Crippen LogP contribution in [0, 0.1) is 0 Å². The Labute approximate surface area is 105 Å². The molecule has 0 aromatic carbocycles. The van der Waals surface area contributed by atoms with Crippen LogP contribution in [0.25, 0.3) is 0 Å². The van der Waals surface area contributed by atoms with Crippen LogP contribution in [0.15, 0.2) is 0 Å². The molecule has 0 aliphatic heterocycles. The van der Waals surface area contributed by atoms with E-state index in [9.17, 15) is 0 Å². The van der Waals surface area contributed by atoms with Gasteiger partial charge in [0.1, 0.15) is 0 Å². The van der Waals surface area contributed by atoms with Crippen molar-refractivity contribution in [3.63, 3.8) is 0 Å². The summed E-state index contributed by atoms with van der Waals surface area (Å²) >= 11 is -0.838. The van der Waals surface area contributed by atoms with E-state index in [1.807, 2.05) is 0 Å². The fraction of sp³-hybridized carbons (Fsp3) is 1.00. The predicted octanol–water partition coefficient (Wildman–Crippen LogP) is 5.39. The molecule has 0 aromatic rings. The Morgan fingerprint density at radius 3 is 1.40 bits per heavy atom. The Balaban J connectivity index is 2.87. The molecule has 0 aliphatic rings. The summed E-state index contributed by atoms with van der Waals surface area (Å²) in [6.45, 7) is 2.29. The Hall–Kier alpha value is 0.799. The van der Waals surface area contributed by atoms with E-state index in [1.165, 1.54) is 57.8 Å². The van der Waals surface area contributed by atoms with Crippen molar-refractivity contribution in [3.05, 3.63) is 0 Å². The topological polar surface area (TPSA) is 0 Å². The van der Waals surface area contributed by atoms with Gasteiger partial charge >= 0.3 is 105 Å². The molecule has 92 valence electrons. The first-order valence-electron chi connectivity index (χ1n) is 7.27. The van der Waals surface area contributed by atoms with Crippen molar-refractivity contribution in [3.8, 4) is 0 Å². The second-order valence-electron chi connectivity index (χ2n) is 5.36. The van der Waals surface area contributed by atoms with Gasteiger partial charge in [-0.2, -0.15) is 0 Å². The monoisotopic (exact) mass is 320 g/mol. The average molecular weight is 319 g/mol. The van der Waals surface area contributed by atoms with E-state index >= 15 is 0 Å². The number of hydrogen-bond donors (Lipinski definition) is 0. The van der Waals surface area contributed by atoms with Gasteiger partial charge in [-0.15, -0.1) is 0 Å². The van der Waals surface area contributed by atoms with E-state index in [-0.39, 0.29) is 0 Å². The molecule has 0 fully saturated rings. The van der Waals surface area contributed by atoms with Crippen LogP contribution >= 0.6 is 0 Å². The molecule has 0 unspecified atom stereocenters. The summed E-state index contributed by atoms with van der Waals surface area (Å²) in [5, 5.41) is 0. The standard InChI is InChI=1S/C12H25.2CH3.Sn.H/c1-3-5-7-9-11-12-10-8-6-4-2;;;;/h1,3-12H2,2H3;2*1H3;;. The molecule has 0 saturated carbocycles. The second-order valence-corrected chi connectivity index (χ2v) is 15.0. The summed E-state index contributed by atoms with van der Waals surface area (Å²) in [6.07, 6.45) is 14.8. The summed E-state index contributed by atoms with van der Waals surface area (Å²) in [6, 6.07) is 0. The third kappa shape index (κ3) is 14.8. The molecule has 0 amide bonds. The van der Waals surface area contributed by atoms with E-state index in [0.717, 1.165) is 0 Å². The van der Waals surface area contributed by atoms with Crippen molar-refractivity contribution >= 4 is 19.8 Å². The summed E-state index contributed by atoms with van der Waals surface area (Å²) in [5.41, 5.74) is 0. The quantitative estimate of drug-likeness (QED) is 0.354. The third-order valence-electron chi connectivity index (χ3n) is 3.14. The van der Waals surface area contributed by atoms with Crippen molar-refractivity contribution in [1.29, 1.82) is 0 Å². The molecule has 0 aromatic heterocycles. The Morgan fingerprint density at radius 1 is 0.600 bits per heavy atom. The van der Waals surface area contributed by atoms with E-state index < -0.39 is 19.8 Å². The molecule has 15 heavy (non-hydrogen) atoms. The van der Waals surface area contributed by atoms with Gasteiger partial charge in [0.2, 0.25) is 0 Å². The van der Waals surface area contributed by atoms with Crippen LogP contribution in [0.3, 0.4) is 0 Å². The average Bonchev–Trinajstić information content (AvgIpc) is 2.20. The molecule has 0 rings (SSSR count). The van der Waals surface area contributed by atoms with Crippen LogP contribution < -0.4 is 0 Å². The van der Waals surface area contributed by atoms with E-state index in [2.05, 4.69) is 16.8 Å². The van der Waals surface area contributed by atoms with E-state index in [4.69, 9.17) is 0 Å². The number of hydrogen-bond acceptors (Lipinski definition) is 0. The molecule has 0 bridgehead atoms. The number of rotatable bonds is 11. The molecule has 0 N–H and O–H groups in total. The van der Waals surface area contributed by atoms with Gasteiger partial charge in [-0.1, -0.05) is 0 Å². The van der Waals surface area contributed by atoms with Crippen LogP contribution in [0.4, 0.5) is 0 Å². The van der Waals surface area contributed by atoms with Crippen molar-refractivity contribution in [2.75, 3.05) is 0 Å². The molecule has 0 nitrogen and oxygen atoms in total. The molecule has 0 saturated heterocycles. The summed E-state index contributed by atoms with van der Waals surface area (Å²) in [5.74, 6) is 0. The Morgan fingerprint density at radius 2 is 1.00 bits per heavy atom. The van der Waals surface area contributed by atoms with Gasteiger partial charge in [-0.05, 0) is 0 Å². The first-order chi connectivity index (χ1) is 7.27. The summed E-state index contributed by atoms with van der Waals surface area (Å²) < 4.78 is 1.64. The Kier molecular flexibility index (Phi) is 13.6. The zero-order valence-corrected chi connectivity index (χ0v) is 14.7. The van der Waals surface area contributed by atoms with Crippen molar-refractivity contribution in [1.82, 2.24) is 0 Å². The minimum absolute atomic E-state index is 0.838. The maximum absolute atomic E-state index is 2.54. The normalized spacial score (nSPS) is 11.2. The number of unbranched alkanes of at least 4 members (excludes halogenated alkanes) is 9. The van der Waals surface area contributed by atoms with Gasteiger partial charge in [0.05, 0.1) is 0 Å². The predicted molar refractivity (Wildman–Crippen MR) is 75.5 cm³/mol. The van der Waals surface area contributed by atoms with Crippen LogP contribution in [-0.4, -0.2) is 19.8 Å². The van der Waals surface area contributed by atoms with Gasteiger partial charge in [-0.25, -0.2) is 0 Å². The van der Waals surface area contributed by atoms with Crippen molar-refractivity contribution in [2.45, 2.75) is 85.4 Å². The minimum atomic E-state index is -0.838. The maximum atomic E-state index is 2.54. The van der Waals surface area contributed by atoms with Gasteiger partial charge in [0, 0.05) is 0 Å². The first kappa shape index (κ1) is 15.8. The molecule has 0 heterocycles. The molecular formula is C14H32Sn. The van der Waals surface area contributed by atoms with Crippen LogP contribution in [0.2, 0.25) is 14.3 Å². The van der Waals surface area contributed by atoms with Crippen molar-refractivity contribution < 1.29 is 0 Å². The van der Waals surface area contributed by atoms with E-state index in [1.54, 1.807) is 10.9 Å². The molecule has 0 radical (unpaired) electrons. The third-order valence-corrected chi connectivity index (χ3v) is 7.60. The summed E-state index contributed by atoms with van der Waals surface area (Å²) in [4.78, 5) is 5.07. The zero-order chi connectivity index (χ0) is 11.4. The van der Waals surface area contributed by atoms with Gasteiger partial charge in [0.25, 0.3) is 0 Å². The first-order valence-corrected chi connectivity index (χ1v) is 16.2. The SMILES string of the molecule is CCCCCCCCCCC[CH2][SnH]([CH3])[CH3]. The zero-order valence-electron chi connectivity index (χ0n) is 11.4. The molecule has 0 aliphatic carbocycles. The van der Waals surface area contributed by atoms with Crippen molar-refractivity contribution in [2.24, 2.45) is 0 Å². The second kappa shape index (κ2) is 12.9. The molecule has 0 spiro atoms. The van der Waals surface area contributed by atoms with Crippen LogP contribution in [0.5, 0.6) is 0 Å². The molecular weight excluding hydrogens is 287 g/mol. The molecule has 1 heteroatoms. The molecule has 0 atom stereocenters.